The van der Waals surface area contributed by atoms with Gasteiger partial charge >= 0.3 is 6.09 Å². The molecule has 2 unspecified atom stereocenters. The van der Waals surface area contributed by atoms with E-state index in [9.17, 15) is 10.1 Å². The third-order valence-corrected chi connectivity index (χ3v) is 4.94. The first-order valence-electron chi connectivity index (χ1n) is 9.08. The molecular weight excluding hydrogens is 362 g/mol. The number of nitriles is 1. The Bertz CT molecular complexity index is 861. The number of ether oxygens (including phenoxy) is 1. The third-order valence-electron chi connectivity index (χ3n) is 4.70. The monoisotopic (exact) mass is 383 g/mol. The van der Waals surface area contributed by atoms with E-state index in [2.05, 4.69) is 23.2 Å². The van der Waals surface area contributed by atoms with Crippen molar-refractivity contribution in [3.63, 3.8) is 0 Å². The summed E-state index contributed by atoms with van der Waals surface area (Å²) in [5.74, 6) is -0.299. The van der Waals surface area contributed by atoms with Crippen LogP contribution in [0.15, 0.2) is 42.5 Å². The van der Waals surface area contributed by atoms with Gasteiger partial charge in [0.05, 0.1) is 24.6 Å². The number of carbonyl (C=O) groups excluding carboxylic acids is 1. The van der Waals surface area contributed by atoms with Crippen molar-refractivity contribution in [2.24, 2.45) is 0 Å². The Labute approximate surface area is 164 Å². The van der Waals surface area contributed by atoms with Gasteiger partial charge in [-0.05, 0) is 54.8 Å². The van der Waals surface area contributed by atoms with E-state index in [1.807, 2.05) is 49.4 Å². The van der Waals surface area contributed by atoms with Crippen LogP contribution in [-0.2, 0) is 4.74 Å². The molecule has 0 saturated heterocycles. The van der Waals surface area contributed by atoms with Crippen LogP contribution < -0.4 is 10.2 Å². The van der Waals surface area contributed by atoms with E-state index in [1.165, 1.54) is 0 Å². The van der Waals surface area contributed by atoms with Crippen LogP contribution in [0.5, 0.6) is 0 Å². The Hall–Kier alpha value is -2.71. The summed E-state index contributed by atoms with van der Waals surface area (Å²) in [6.45, 7) is 5.19. The quantitative estimate of drug-likeness (QED) is 0.741. The van der Waals surface area contributed by atoms with Crippen molar-refractivity contribution >= 4 is 29.1 Å². The molecule has 1 N–H and O–H groups in total. The zero-order chi connectivity index (χ0) is 19.4. The lowest BCUT2D eigenvalue weighted by Gasteiger charge is -2.28. The van der Waals surface area contributed by atoms with Gasteiger partial charge in [-0.25, -0.2) is 4.79 Å². The summed E-state index contributed by atoms with van der Waals surface area (Å²) < 4.78 is 5.03. The van der Waals surface area contributed by atoms with Gasteiger partial charge in [0.1, 0.15) is 0 Å². The first kappa shape index (κ1) is 19.1. The number of hydrogen-bond donors (Lipinski definition) is 1. The molecule has 1 heterocycles. The van der Waals surface area contributed by atoms with Crippen LogP contribution in [0.4, 0.5) is 16.2 Å². The maximum Gasteiger partial charge on any atom is 0.411 e. The maximum atomic E-state index is 11.7. The van der Waals surface area contributed by atoms with Crippen LogP contribution in [0, 0.1) is 11.3 Å². The molecule has 0 fully saturated rings. The summed E-state index contributed by atoms with van der Waals surface area (Å²) in [5, 5.41) is 13.2. The second kappa shape index (κ2) is 8.32. The summed E-state index contributed by atoms with van der Waals surface area (Å²) in [6.07, 6.45) is 0.318. The lowest BCUT2D eigenvalue weighted by Crippen LogP contribution is -2.26. The fourth-order valence-corrected chi connectivity index (χ4v) is 3.71. The van der Waals surface area contributed by atoms with Gasteiger partial charge in [-0.3, -0.25) is 5.32 Å². The highest BCUT2D eigenvalue weighted by Crippen LogP contribution is 2.49. The standard InChI is InChI=1S/C21H22ClN3O2/c1-3-11-27-21(26)24-16-8-5-14(6-9-16)20-18(13-23)17-12-15(22)7-10-19(17)25(20)4-2/h5-10,12,18,20H,3-4,11H2,1-2H3,(H,24,26). The van der Waals surface area contributed by atoms with Crippen molar-refractivity contribution in [1.29, 1.82) is 5.26 Å². The van der Waals surface area contributed by atoms with Crippen molar-refractivity contribution in [2.45, 2.75) is 32.2 Å². The van der Waals surface area contributed by atoms with E-state index in [1.54, 1.807) is 0 Å². The fraction of sp³-hybridized carbons (Fsp3) is 0.333. The van der Waals surface area contributed by atoms with Crippen LogP contribution >= 0.6 is 11.6 Å². The summed E-state index contributed by atoms with van der Waals surface area (Å²) in [6, 6.07) is 15.6. The van der Waals surface area contributed by atoms with Gasteiger partial charge in [0.25, 0.3) is 0 Å². The van der Waals surface area contributed by atoms with Gasteiger partial charge in [-0.2, -0.15) is 5.26 Å². The molecule has 0 aromatic heterocycles. The van der Waals surface area contributed by atoms with E-state index in [0.717, 1.165) is 29.8 Å². The number of hydrogen-bond acceptors (Lipinski definition) is 4. The molecule has 5 nitrogen and oxygen atoms in total. The Kier molecular flexibility index (Phi) is 5.88. The zero-order valence-corrected chi connectivity index (χ0v) is 16.2. The molecule has 27 heavy (non-hydrogen) atoms. The molecule has 2 aromatic rings. The van der Waals surface area contributed by atoms with Crippen LogP contribution in [0.25, 0.3) is 0 Å². The lowest BCUT2D eigenvalue weighted by atomic mass is 9.91. The Morgan fingerprint density at radius 1 is 1.26 bits per heavy atom. The molecule has 0 radical (unpaired) electrons. The van der Waals surface area contributed by atoms with Gasteiger partial charge in [0.2, 0.25) is 0 Å². The SMILES string of the molecule is CCCOC(=O)Nc1ccc(C2C(C#N)c3cc(Cl)ccc3N2CC)cc1. The van der Waals surface area contributed by atoms with E-state index in [4.69, 9.17) is 16.3 Å². The molecule has 1 amide bonds. The summed E-state index contributed by atoms with van der Waals surface area (Å²) >= 11 is 6.16. The number of nitrogens with zero attached hydrogens (tertiary/aromatic N) is 2. The average molecular weight is 384 g/mol. The highest BCUT2D eigenvalue weighted by atomic mass is 35.5. The van der Waals surface area contributed by atoms with Crippen molar-refractivity contribution in [3.8, 4) is 6.07 Å². The van der Waals surface area contributed by atoms with Crippen LogP contribution in [0.1, 0.15) is 43.4 Å². The second-order valence-corrected chi connectivity index (χ2v) is 6.86. The molecule has 3 rings (SSSR count). The number of rotatable bonds is 5. The smallest absolute Gasteiger partial charge is 0.411 e. The number of carbonyl (C=O) groups is 1. The number of halogens is 1. The number of amides is 1. The van der Waals surface area contributed by atoms with Gasteiger partial charge in [-0.1, -0.05) is 30.7 Å². The fourth-order valence-electron chi connectivity index (χ4n) is 3.53. The Morgan fingerprint density at radius 2 is 2.00 bits per heavy atom. The average Bonchev–Trinajstić information content (AvgIpc) is 2.99. The summed E-state index contributed by atoms with van der Waals surface area (Å²) in [7, 11) is 0. The summed E-state index contributed by atoms with van der Waals surface area (Å²) in [4.78, 5) is 13.9. The molecule has 0 aliphatic carbocycles. The van der Waals surface area contributed by atoms with Crippen molar-refractivity contribution < 1.29 is 9.53 Å². The lowest BCUT2D eigenvalue weighted by molar-refractivity contribution is 0.161. The number of likely N-dealkylation sites (N-methyl/N-ethyl adjacent to an activating group) is 1. The first-order chi connectivity index (χ1) is 13.1. The molecule has 0 spiro atoms. The van der Waals surface area contributed by atoms with Crippen molar-refractivity contribution in [3.05, 3.63) is 58.6 Å². The van der Waals surface area contributed by atoms with Gasteiger partial charge in [-0.15, -0.1) is 0 Å². The normalized spacial score (nSPS) is 17.9. The highest BCUT2D eigenvalue weighted by Gasteiger charge is 2.39. The largest absolute Gasteiger partial charge is 0.449 e. The predicted molar refractivity (Wildman–Crippen MR) is 107 cm³/mol. The Balaban J connectivity index is 1.85. The van der Waals surface area contributed by atoms with Gasteiger partial charge in [0.15, 0.2) is 0 Å². The summed E-state index contributed by atoms with van der Waals surface area (Å²) in [5.41, 5.74) is 3.68. The van der Waals surface area contributed by atoms with Crippen molar-refractivity contribution in [2.75, 3.05) is 23.4 Å². The molecule has 1 aliphatic heterocycles. The molecule has 0 saturated carbocycles. The Morgan fingerprint density at radius 3 is 2.63 bits per heavy atom. The first-order valence-corrected chi connectivity index (χ1v) is 9.46. The van der Waals surface area contributed by atoms with Gasteiger partial charge in [0, 0.05) is 22.9 Å². The van der Waals surface area contributed by atoms with Crippen LogP contribution in [0.3, 0.4) is 0 Å². The minimum atomic E-state index is -0.461. The van der Waals surface area contributed by atoms with Gasteiger partial charge < -0.3 is 9.64 Å². The predicted octanol–water partition coefficient (Wildman–Crippen LogP) is 5.49. The molecule has 2 atom stereocenters. The number of benzene rings is 2. The third kappa shape index (κ3) is 3.86. The van der Waals surface area contributed by atoms with Crippen molar-refractivity contribution in [1.82, 2.24) is 0 Å². The van der Waals surface area contributed by atoms with Crippen LogP contribution in [0.2, 0.25) is 5.02 Å². The van der Waals surface area contributed by atoms with E-state index < -0.39 is 6.09 Å². The molecule has 1 aliphatic rings. The molecule has 6 heteroatoms. The minimum Gasteiger partial charge on any atom is -0.449 e. The molecule has 2 aromatic carbocycles. The molecule has 0 bridgehead atoms. The van der Waals surface area contributed by atoms with Crippen LogP contribution in [-0.4, -0.2) is 19.2 Å². The maximum absolute atomic E-state index is 11.7. The number of nitrogens with one attached hydrogen (secondary N) is 1. The second-order valence-electron chi connectivity index (χ2n) is 6.42. The number of fused-ring (bicyclic) bond motifs is 1. The highest BCUT2D eigenvalue weighted by molar-refractivity contribution is 6.30. The molecule has 140 valence electrons. The van der Waals surface area contributed by atoms with E-state index in [0.29, 0.717) is 17.3 Å². The minimum absolute atomic E-state index is 0.0884. The molecular formula is C21H22ClN3O2. The topological polar surface area (TPSA) is 65.4 Å². The van der Waals surface area contributed by atoms with E-state index >= 15 is 0 Å². The van der Waals surface area contributed by atoms with E-state index in [-0.39, 0.29) is 12.0 Å². The number of anilines is 2. The zero-order valence-electron chi connectivity index (χ0n) is 15.4.